The van der Waals surface area contributed by atoms with Gasteiger partial charge in [-0.3, -0.25) is 4.79 Å². The molecule has 0 bridgehead atoms. The first-order valence-corrected chi connectivity index (χ1v) is 7.27. The minimum Gasteiger partial charge on any atom is -0.487 e. The van der Waals surface area contributed by atoms with Crippen LogP contribution in [0.15, 0.2) is 22.1 Å². The number of nitrogens with zero attached hydrogens (tertiary/aromatic N) is 1. The fraction of sp³-hybridized carbons (Fsp3) is 0.167. The van der Waals surface area contributed by atoms with Gasteiger partial charge in [-0.2, -0.15) is 0 Å². The topological polar surface area (TPSA) is 85.4 Å². The molecule has 1 unspecified atom stereocenters. The molecule has 0 aliphatic heterocycles. The molecular formula is C12H9BrF2N2O3S. The summed E-state index contributed by atoms with van der Waals surface area (Å²) in [6, 6.07) is 1.88. The average molecular weight is 379 g/mol. The van der Waals surface area contributed by atoms with E-state index in [4.69, 9.17) is 10.5 Å². The Morgan fingerprint density at radius 3 is 2.81 bits per heavy atom. The van der Waals surface area contributed by atoms with Crippen LogP contribution in [-0.2, 0) is 0 Å². The lowest BCUT2D eigenvalue weighted by Crippen LogP contribution is -2.17. The SMILES string of the molecule is NC(=O)c1c(F)ccc(OCC(O)c2nc(Br)cs2)c1F. The molecule has 0 aliphatic carbocycles. The van der Waals surface area contributed by atoms with Gasteiger partial charge in [0.25, 0.3) is 5.91 Å². The number of rotatable bonds is 5. The number of hydrogen-bond donors (Lipinski definition) is 2. The zero-order valence-corrected chi connectivity index (χ0v) is 12.7. The molecule has 21 heavy (non-hydrogen) atoms. The number of primary amides is 1. The van der Waals surface area contributed by atoms with E-state index in [0.29, 0.717) is 9.61 Å². The summed E-state index contributed by atoms with van der Waals surface area (Å²) in [5.41, 5.74) is 4.02. The predicted molar refractivity (Wildman–Crippen MR) is 75.1 cm³/mol. The van der Waals surface area contributed by atoms with E-state index in [-0.39, 0.29) is 12.4 Å². The first-order valence-electron chi connectivity index (χ1n) is 5.59. The van der Waals surface area contributed by atoms with Crippen molar-refractivity contribution in [1.29, 1.82) is 0 Å². The number of nitrogens with two attached hydrogens (primary N) is 1. The molecule has 5 nitrogen and oxygen atoms in total. The van der Waals surface area contributed by atoms with Crippen molar-refractivity contribution in [3.63, 3.8) is 0 Å². The third-order valence-corrected chi connectivity index (χ3v) is 4.13. The summed E-state index contributed by atoms with van der Waals surface area (Å²) in [6.07, 6.45) is -1.08. The number of carbonyl (C=O) groups is 1. The van der Waals surface area contributed by atoms with E-state index >= 15 is 0 Å². The summed E-state index contributed by atoms with van der Waals surface area (Å²) in [5, 5.41) is 11.9. The van der Waals surface area contributed by atoms with Crippen LogP contribution >= 0.6 is 27.3 Å². The molecular weight excluding hydrogens is 370 g/mol. The second-order valence-corrected chi connectivity index (χ2v) is 5.64. The molecule has 0 spiro atoms. The second-order valence-electron chi connectivity index (χ2n) is 3.93. The normalized spacial score (nSPS) is 12.2. The molecule has 2 rings (SSSR count). The van der Waals surface area contributed by atoms with E-state index in [9.17, 15) is 18.7 Å². The first-order chi connectivity index (χ1) is 9.90. The number of aliphatic hydroxyl groups is 1. The Kier molecular flexibility index (Phi) is 4.86. The summed E-state index contributed by atoms with van der Waals surface area (Å²) in [6.45, 7) is -0.305. The number of ether oxygens (including phenoxy) is 1. The van der Waals surface area contributed by atoms with Gasteiger partial charge < -0.3 is 15.6 Å². The van der Waals surface area contributed by atoms with Crippen molar-refractivity contribution >= 4 is 33.2 Å². The predicted octanol–water partition coefficient (Wildman–Crippen LogP) is 2.40. The molecule has 0 radical (unpaired) electrons. The highest BCUT2D eigenvalue weighted by molar-refractivity contribution is 9.10. The van der Waals surface area contributed by atoms with Gasteiger partial charge in [0.2, 0.25) is 0 Å². The quantitative estimate of drug-likeness (QED) is 0.836. The van der Waals surface area contributed by atoms with Gasteiger partial charge in [0.05, 0.1) is 0 Å². The number of carbonyl (C=O) groups excluding carboxylic acids is 1. The lowest BCUT2D eigenvalue weighted by molar-refractivity contribution is 0.0982. The van der Waals surface area contributed by atoms with Crippen LogP contribution in [0.4, 0.5) is 8.78 Å². The molecule has 0 saturated carbocycles. The van der Waals surface area contributed by atoms with E-state index < -0.39 is 29.2 Å². The highest BCUT2D eigenvalue weighted by Gasteiger charge is 2.20. The number of aromatic nitrogens is 1. The number of benzene rings is 1. The third kappa shape index (κ3) is 3.55. The van der Waals surface area contributed by atoms with Gasteiger partial charge >= 0.3 is 0 Å². The lowest BCUT2D eigenvalue weighted by atomic mass is 10.1. The summed E-state index contributed by atoms with van der Waals surface area (Å²) >= 11 is 4.33. The maximum Gasteiger partial charge on any atom is 0.254 e. The van der Waals surface area contributed by atoms with E-state index in [1.807, 2.05) is 0 Å². The van der Waals surface area contributed by atoms with Crippen molar-refractivity contribution in [2.24, 2.45) is 5.73 Å². The number of thiazole rings is 1. The minimum absolute atomic E-state index is 0.305. The molecule has 3 N–H and O–H groups in total. The van der Waals surface area contributed by atoms with Crippen LogP contribution in [-0.4, -0.2) is 22.6 Å². The number of hydrogen-bond acceptors (Lipinski definition) is 5. The number of aliphatic hydroxyl groups excluding tert-OH is 1. The maximum absolute atomic E-state index is 13.9. The average Bonchev–Trinajstić information content (AvgIpc) is 2.84. The molecule has 1 aromatic carbocycles. The minimum atomic E-state index is -1.24. The van der Waals surface area contributed by atoms with Gasteiger partial charge in [-0.1, -0.05) is 0 Å². The second kappa shape index (κ2) is 6.46. The van der Waals surface area contributed by atoms with Crippen molar-refractivity contribution in [3.8, 4) is 5.75 Å². The molecule has 0 aliphatic rings. The summed E-state index contributed by atoms with van der Waals surface area (Å²) in [7, 11) is 0. The Bertz CT molecular complexity index is 681. The van der Waals surface area contributed by atoms with Gasteiger partial charge in [0, 0.05) is 5.38 Å². The molecule has 1 amide bonds. The Labute approximate surface area is 130 Å². The van der Waals surface area contributed by atoms with Crippen molar-refractivity contribution in [2.45, 2.75) is 6.10 Å². The Balaban J connectivity index is 2.13. The monoisotopic (exact) mass is 378 g/mol. The third-order valence-electron chi connectivity index (χ3n) is 2.48. The fourth-order valence-electron chi connectivity index (χ4n) is 1.53. The summed E-state index contributed by atoms with van der Waals surface area (Å²) in [5.74, 6) is -3.88. The largest absolute Gasteiger partial charge is 0.487 e. The first kappa shape index (κ1) is 15.8. The van der Waals surface area contributed by atoms with Crippen LogP contribution < -0.4 is 10.5 Å². The molecule has 2 aromatic rings. The zero-order valence-electron chi connectivity index (χ0n) is 10.3. The molecule has 112 valence electrons. The van der Waals surface area contributed by atoms with Gasteiger partial charge in [0.15, 0.2) is 11.6 Å². The molecule has 0 saturated heterocycles. The molecule has 1 atom stereocenters. The zero-order chi connectivity index (χ0) is 15.6. The van der Waals surface area contributed by atoms with E-state index in [1.54, 1.807) is 5.38 Å². The van der Waals surface area contributed by atoms with Crippen LogP contribution in [0.3, 0.4) is 0 Å². The fourth-order valence-corrected chi connectivity index (χ4v) is 2.77. The maximum atomic E-state index is 13.9. The van der Waals surface area contributed by atoms with Crippen LogP contribution in [0.5, 0.6) is 5.75 Å². The Hall–Kier alpha value is -1.58. The number of halogens is 3. The molecule has 1 aromatic heterocycles. The Morgan fingerprint density at radius 2 is 2.24 bits per heavy atom. The van der Waals surface area contributed by atoms with E-state index in [0.717, 1.165) is 12.1 Å². The van der Waals surface area contributed by atoms with Crippen molar-refractivity contribution in [2.75, 3.05) is 6.61 Å². The van der Waals surface area contributed by atoms with Gasteiger partial charge in [0.1, 0.15) is 33.7 Å². The Morgan fingerprint density at radius 1 is 1.52 bits per heavy atom. The van der Waals surface area contributed by atoms with Crippen LogP contribution in [0.2, 0.25) is 0 Å². The van der Waals surface area contributed by atoms with Crippen LogP contribution in [0.25, 0.3) is 0 Å². The van der Waals surface area contributed by atoms with E-state index in [2.05, 4.69) is 20.9 Å². The van der Waals surface area contributed by atoms with Crippen molar-refractivity contribution in [3.05, 3.63) is 44.3 Å². The van der Waals surface area contributed by atoms with Gasteiger partial charge in [-0.15, -0.1) is 11.3 Å². The highest BCUT2D eigenvalue weighted by atomic mass is 79.9. The summed E-state index contributed by atoms with van der Waals surface area (Å²) in [4.78, 5) is 15.0. The van der Waals surface area contributed by atoms with E-state index in [1.165, 1.54) is 11.3 Å². The van der Waals surface area contributed by atoms with Crippen LogP contribution in [0.1, 0.15) is 21.5 Å². The van der Waals surface area contributed by atoms with Gasteiger partial charge in [-0.25, -0.2) is 13.8 Å². The molecule has 1 heterocycles. The van der Waals surface area contributed by atoms with Crippen molar-refractivity contribution < 1.29 is 23.4 Å². The standard InChI is InChI=1S/C12H9BrF2N2O3S/c13-8-4-21-12(17-8)6(18)3-20-7-2-1-5(14)9(10(7)15)11(16)19/h1-2,4,6,18H,3H2,(H2,16,19). The van der Waals surface area contributed by atoms with Crippen LogP contribution in [0, 0.1) is 11.6 Å². The smallest absolute Gasteiger partial charge is 0.254 e. The lowest BCUT2D eigenvalue weighted by Gasteiger charge is -2.12. The number of amides is 1. The van der Waals surface area contributed by atoms with Crippen molar-refractivity contribution in [1.82, 2.24) is 4.98 Å². The highest BCUT2D eigenvalue weighted by Crippen LogP contribution is 2.26. The molecule has 9 heteroatoms. The summed E-state index contributed by atoms with van der Waals surface area (Å²) < 4.78 is 32.8. The van der Waals surface area contributed by atoms with Gasteiger partial charge in [-0.05, 0) is 28.1 Å². The molecule has 0 fully saturated rings.